The van der Waals surface area contributed by atoms with E-state index in [-0.39, 0.29) is 0 Å². The monoisotopic (exact) mass is 428 g/mol. The van der Waals surface area contributed by atoms with Crippen molar-refractivity contribution < 1.29 is 45.4 Å². The number of alkyl halides is 6. The van der Waals surface area contributed by atoms with Gasteiger partial charge in [0.05, 0.1) is 6.61 Å². The average Bonchev–Trinajstić information content (AvgIpc) is 2.53. The van der Waals surface area contributed by atoms with Crippen LogP contribution in [0, 0.1) is 23.2 Å². The molecule has 4 aliphatic carbocycles. The molecule has 0 unspecified atom stereocenters. The van der Waals surface area contributed by atoms with Crippen molar-refractivity contribution in [1.82, 2.24) is 0 Å². The van der Waals surface area contributed by atoms with Gasteiger partial charge in [0.15, 0.2) is 0 Å². The lowest BCUT2D eigenvalue weighted by atomic mass is 9.50. The molecule has 0 aliphatic heterocycles. The largest absolute Gasteiger partial charge is 0.462 e. The van der Waals surface area contributed by atoms with E-state index in [0.29, 0.717) is 37.0 Å². The van der Waals surface area contributed by atoms with Crippen LogP contribution in [-0.2, 0) is 19.1 Å². The molecule has 0 heterocycles. The Bertz CT molecular complexity index is 659. The molecular formula is C19H22F6O4. The summed E-state index contributed by atoms with van der Waals surface area (Å²) in [5.41, 5.74) is -6.71. The van der Waals surface area contributed by atoms with Gasteiger partial charge in [-0.05, 0) is 63.2 Å². The van der Waals surface area contributed by atoms with Crippen molar-refractivity contribution in [3.05, 3.63) is 12.2 Å². The summed E-state index contributed by atoms with van der Waals surface area (Å²) < 4.78 is 89.4. The number of carbonyl (C=O) groups is 2. The van der Waals surface area contributed by atoms with Gasteiger partial charge in [-0.1, -0.05) is 6.58 Å². The Morgan fingerprint density at radius 2 is 1.34 bits per heavy atom. The third-order valence-electron chi connectivity index (χ3n) is 6.35. The Morgan fingerprint density at radius 1 is 0.931 bits per heavy atom. The van der Waals surface area contributed by atoms with E-state index in [4.69, 9.17) is 0 Å². The summed E-state index contributed by atoms with van der Waals surface area (Å²) in [4.78, 5) is 23.8. The number of rotatable bonds is 5. The first-order chi connectivity index (χ1) is 13.2. The van der Waals surface area contributed by atoms with Gasteiger partial charge in [-0.2, -0.15) is 26.3 Å². The van der Waals surface area contributed by atoms with Crippen LogP contribution in [-0.4, -0.2) is 36.5 Å². The Morgan fingerprint density at radius 3 is 1.69 bits per heavy atom. The molecule has 0 N–H and O–H groups in total. The van der Waals surface area contributed by atoms with Crippen molar-refractivity contribution >= 4 is 11.9 Å². The Kier molecular flexibility index (Phi) is 5.23. The summed E-state index contributed by atoms with van der Waals surface area (Å²) in [6.45, 7) is 3.30. The van der Waals surface area contributed by atoms with Crippen LogP contribution in [0.2, 0.25) is 0 Å². The third kappa shape index (κ3) is 3.74. The van der Waals surface area contributed by atoms with E-state index in [9.17, 15) is 35.9 Å². The first kappa shape index (κ1) is 22.0. The fourth-order valence-corrected chi connectivity index (χ4v) is 5.56. The van der Waals surface area contributed by atoms with Gasteiger partial charge in [0.1, 0.15) is 0 Å². The van der Waals surface area contributed by atoms with Gasteiger partial charge in [-0.3, -0.25) is 0 Å². The molecule has 0 aromatic heterocycles. The fraction of sp³-hybridized carbons (Fsp3) is 0.789. The van der Waals surface area contributed by atoms with Crippen LogP contribution in [0.25, 0.3) is 0 Å². The maximum atomic E-state index is 13.5. The van der Waals surface area contributed by atoms with Crippen LogP contribution in [0.3, 0.4) is 0 Å². The Labute approximate surface area is 163 Å². The van der Waals surface area contributed by atoms with E-state index < -0.39 is 47.5 Å². The van der Waals surface area contributed by atoms with Crippen molar-refractivity contribution in [2.75, 3.05) is 6.61 Å². The lowest BCUT2D eigenvalue weighted by molar-refractivity contribution is -0.359. The highest BCUT2D eigenvalue weighted by molar-refractivity contribution is 5.92. The van der Waals surface area contributed by atoms with E-state index in [1.807, 2.05) is 0 Å². The molecule has 0 spiro atoms. The third-order valence-corrected chi connectivity index (χ3v) is 6.35. The molecule has 0 aromatic carbocycles. The van der Waals surface area contributed by atoms with Crippen LogP contribution >= 0.6 is 0 Å². The molecule has 0 atom stereocenters. The van der Waals surface area contributed by atoms with Crippen LogP contribution < -0.4 is 0 Å². The summed E-state index contributed by atoms with van der Waals surface area (Å²) in [5, 5.41) is 0. The van der Waals surface area contributed by atoms with Gasteiger partial charge in [0, 0.05) is 11.0 Å². The summed E-state index contributed by atoms with van der Waals surface area (Å²) in [6, 6.07) is 0. The topological polar surface area (TPSA) is 52.6 Å². The number of hydrogen-bond acceptors (Lipinski definition) is 4. The van der Waals surface area contributed by atoms with E-state index in [1.54, 1.807) is 0 Å². The molecule has 4 fully saturated rings. The number of esters is 2. The smallest absolute Gasteiger partial charge is 0.449 e. The number of halogens is 6. The average molecular weight is 428 g/mol. The molecular weight excluding hydrogens is 406 g/mol. The minimum Gasteiger partial charge on any atom is -0.462 e. The molecule has 0 aromatic rings. The second kappa shape index (κ2) is 6.91. The van der Waals surface area contributed by atoms with Crippen molar-refractivity contribution in [1.29, 1.82) is 0 Å². The molecule has 4 aliphatic rings. The van der Waals surface area contributed by atoms with Gasteiger partial charge in [0.25, 0.3) is 0 Å². The quantitative estimate of drug-likeness (QED) is 0.361. The van der Waals surface area contributed by atoms with Crippen molar-refractivity contribution in [2.24, 2.45) is 23.2 Å². The van der Waals surface area contributed by atoms with Gasteiger partial charge < -0.3 is 9.47 Å². The summed E-state index contributed by atoms with van der Waals surface area (Å²) in [5.74, 6) is -3.57. The number of hydrogen-bond donors (Lipinski definition) is 0. The molecule has 4 bridgehead atoms. The number of ether oxygens (including phenoxy) is 2. The van der Waals surface area contributed by atoms with E-state index in [0.717, 1.165) is 26.2 Å². The highest BCUT2D eigenvalue weighted by Gasteiger charge is 2.80. The van der Waals surface area contributed by atoms with Crippen molar-refractivity contribution in [2.45, 2.75) is 63.4 Å². The van der Waals surface area contributed by atoms with Crippen LogP contribution in [0.15, 0.2) is 12.2 Å². The first-order valence-electron chi connectivity index (χ1n) is 9.39. The standard InChI is InChI=1S/C19H22F6O4/c1-10(2)14(26)29-17(18(20,21)22,19(23,24)25)15(27)28-9-16-6-11-3-12(7-16)5-13(4-11)8-16/h11-13H,1,3-9H2,2H3. The van der Waals surface area contributed by atoms with Crippen molar-refractivity contribution in [3.63, 3.8) is 0 Å². The molecule has 4 rings (SSSR count). The highest BCUT2D eigenvalue weighted by atomic mass is 19.4. The molecule has 4 saturated carbocycles. The fourth-order valence-electron chi connectivity index (χ4n) is 5.56. The molecule has 0 saturated heterocycles. The second-order valence-corrected chi connectivity index (χ2v) is 8.84. The zero-order valence-corrected chi connectivity index (χ0v) is 15.8. The summed E-state index contributed by atoms with van der Waals surface area (Å²) in [7, 11) is 0. The maximum absolute atomic E-state index is 13.5. The molecule has 10 heteroatoms. The summed E-state index contributed by atoms with van der Waals surface area (Å²) >= 11 is 0. The minimum absolute atomic E-state index is 0.358. The lowest BCUT2D eigenvalue weighted by Gasteiger charge is -2.56. The van der Waals surface area contributed by atoms with Gasteiger partial charge in [-0.15, -0.1) is 0 Å². The van der Waals surface area contributed by atoms with E-state index >= 15 is 0 Å². The van der Waals surface area contributed by atoms with E-state index in [1.165, 1.54) is 0 Å². The molecule has 164 valence electrons. The molecule has 4 nitrogen and oxygen atoms in total. The zero-order valence-electron chi connectivity index (χ0n) is 15.8. The Balaban J connectivity index is 1.85. The van der Waals surface area contributed by atoms with Crippen LogP contribution in [0.1, 0.15) is 45.4 Å². The SMILES string of the molecule is C=C(C)C(=O)OC(C(=O)OCC12CC3CC(CC(C3)C1)C2)(C(F)(F)F)C(F)(F)F. The maximum Gasteiger partial charge on any atom is 0.449 e. The minimum atomic E-state index is -6.26. The summed E-state index contributed by atoms with van der Waals surface area (Å²) in [6.07, 6.45) is -7.67. The first-order valence-corrected chi connectivity index (χ1v) is 9.39. The lowest BCUT2D eigenvalue weighted by Crippen LogP contribution is -2.65. The predicted octanol–water partition coefficient (Wildman–Crippen LogP) is 4.73. The highest BCUT2D eigenvalue weighted by Crippen LogP contribution is 2.60. The van der Waals surface area contributed by atoms with Gasteiger partial charge >= 0.3 is 29.9 Å². The predicted molar refractivity (Wildman–Crippen MR) is 87.3 cm³/mol. The molecule has 0 amide bonds. The normalized spacial score (nSPS) is 31.5. The number of carbonyl (C=O) groups excluding carboxylic acids is 2. The van der Waals surface area contributed by atoms with Crippen LogP contribution in [0.4, 0.5) is 26.3 Å². The molecule has 29 heavy (non-hydrogen) atoms. The van der Waals surface area contributed by atoms with Crippen molar-refractivity contribution in [3.8, 4) is 0 Å². The van der Waals surface area contributed by atoms with E-state index in [2.05, 4.69) is 16.1 Å². The van der Waals surface area contributed by atoms with Gasteiger partial charge in [0.2, 0.25) is 0 Å². The second-order valence-electron chi connectivity index (χ2n) is 8.84. The Hall–Kier alpha value is -1.74. The zero-order chi connectivity index (χ0) is 21.8. The molecule has 0 radical (unpaired) electrons. The van der Waals surface area contributed by atoms with Gasteiger partial charge in [-0.25, -0.2) is 9.59 Å². The van der Waals surface area contributed by atoms with Crippen LogP contribution in [0.5, 0.6) is 0 Å².